The average Bonchev–Trinajstić information content (AvgIpc) is 2.59. The normalized spacial score (nSPS) is 17.6. The van der Waals surface area contributed by atoms with Gasteiger partial charge in [0.2, 0.25) is 0 Å². The highest BCUT2D eigenvalue weighted by Crippen LogP contribution is 2.46. The molecule has 0 aromatic heterocycles. The van der Waals surface area contributed by atoms with Crippen LogP contribution in [0.1, 0.15) is 11.1 Å². The predicted octanol–water partition coefficient (Wildman–Crippen LogP) is 3.08. The quantitative estimate of drug-likeness (QED) is 0.443. The molecule has 30 heavy (non-hydrogen) atoms. The van der Waals surface area contributed by atoms with E-state index < -0.39 is 47.7 Å². The molecule has 1 aromatic rings. The molecular weight excluding hydrogens is 451 g/mol. The van der Waals surface area contributed by atoms with Crippen LogP contribution in [0.5, 0.6) is 0 Å². The maximum Gasteiger partial charge on any atom is 0.459 e. The highest BCUT2D eigenvalue weighted by Gasteiger charge is 2.73. The molecule has 0 spiro atoms. The molecule has 1 aliphatic rings. The van der Waals surface area contributed by atoms with Gasteiger partial charge >= 0.3 is 28.4 Å². The van der Waals surface area contributed by atoms with Crippen molar-refractivity contribution >= 4 is 10.4 Å². The molecule has 2 rings (SSSR count). The molecule has 0 amide bonds. The first kappa shape index (κ1) is 24.8. The molecule has 1 N–H and O–H groups in total. The Balaban J connectivity index is 2.01. The Morgan fingerprint density at radius 3 is 2.23 bits per heavy atom. The Morgan fingerprint density at radius 2 is 1.67 bits per heavy atom. The lowest BCUT2D eigenvalue weighted by molar-refractivity contribution is -0.361. The highest BCUT2D eigenvalue weighted by atomic mass is 32.3. The van der Waals surface area contributed by atoms with Crippen LogP contribution >= 0.6 is 0 Å². The number of benzene rings is 1. The average molecular weight is 469 g/mol. The standard InChI is InChI=1S/C16H18F7NO5S/c17-14(18,15(19,20)16(21,22)23)10-28-9-13(29-30(25,26)27)8-24-6-5-11-3-1-2-4-12(11)7-24/h1-4,13H,5-10H2,(H,25,26,27). The second-order valence-electron chi connectivity index (χ2n) is 6.69. The fourth-order valence-electron chi connectivity index (χ4n) is 2.90. The van der Waals surface area contributed by atoms with Gasteiger partial charge in [-0.25, -0.2) is 4.18 Å². The summed E-state index contributed by atoms with van der Waals surface area (Å²) in [6, 6.07) is 7.27. The van der Waals surface area contributed by atoms with Crippen LogP contribution in [0.2, 0.25) is 0 Å². The summed E-state index contributed by atoms with van der Waals surface area (Å²) in [6.45, 7) is -3.00. The molecule has 0 saturated carbocycles. The van der Waals surface area contributed by atoms with Crippen LogP contribution in [0.4, 0.5) is 30.7 Å². The lowest BCUT2D eigenvalue weighted by atomic mass is 10.00. The first-order chi connectivity index (χ1) is 13.6. The second-order valence-corrected chi connectivity index (χ2v) is 7.74. The lowest BCUT2D eigenvalue weighted by Gasteiger charge is -2.32. The van der Waals surface area contributed by atoms with Crippen molar-refractivity contribution in [3.05, 3.63) is 35.4 Å². The van der Waals surface area contributed by atoms with Gasteiger partial charge < -0.3 is 4.74 Å². The van der Waals surface area contributed by atoms with Gasteiger partial charge in [0.25, 0.3) is 0 Å². The summed E-state index contributed by atoms with van der Waals surface area (Å²) in [5, 5.41) is 0. The molecule has 0 saturated heterocycles. The van der Waals surface area contributed by atoms with Crippen LogP contribution in [0.15, 0.2) is 24.3 Å². The van der Waals surface area contributed by atoms with Crippen LogP contribution in [0.25, 0.3) is 0 Å². The minimum absolute atomic E-state index is 0.282. The predicted molar refractivity (Wildman–Crippen MR) is 88.6 cm³/mol. The number of nitrogens with zero attached hydrogens (tertiary/aromatic N) is 1. The Labute approximate surface area is 167 Å². The van der Waals surface area contributed by atoms with Crippen molar-refractivity contribution in [1.29, 1.82) is 0 Å². The Hall–Kier alpha value is -1.48. The van der Waals surface area contributed by atoms with Crippen LogP contribution in [-0.4, -0.2) is 68.3 Å². The molecule has 14 heteroatoms. The molecule has 172 valence electrons. The second kappa shape index (κ2) is 8.94. The number of halogens is 7. The van der Waals surface area contributed by atoms with Gasteiger partial charge in [0.05, 0.1) is 6.61 Å². The molecule has 1 heterocycles. The molecule has 0 radical (unpaired) electrons. The van der Waals surface area contributed by atoms with Gasteiger partial charge in [-0.15, -0.1) is 0 Å². The summed E-state index contributed by atoms with van der Waals surface area (Å²) in [4.78, 5) is 1.63. The van der Waals surface area contributed by atoms with E-state index in [2.05, 4.69) is 8.92 Å². The fourth-order valence-corrected chi connectivity index (χ4v) is 3.36. The van der Waals surface area contributed by atoms with E-state index in [1.54, 1.807) is 17.0 Å². The number of rotatable bonds is 9. The topological polar surface area (TPSA) is 76.1 Å². The zero-order valence-corrected chi connectivity index (χ0v) is 16.0. The molecule has 1 aromatic carbocycles. The zero-order chi connectivity index (χ0) is 22.8. The molecule has 0 bridgehead atoms. The van der Waals surface area contributed by atoms with Gasteiger partial charge in [-0.3, -0.25) is 9.45 Å². The summed E-state index contributed by atoms with van der Waals surface area (Å²) in [6.07, 6.45) is -7.57. The summed E-state index contributed by atoms with van der Waals surface area (Å²) in [5.41, 5.74) is 1.93. The van der Waals surface area contributed by atoms with Gasteiger partial charge in [0.15, 0.2) is 0 Å². The van der Waals surface area contributed by atoms with E-state index in [4.69, 9.17) is 4.55 Å². The van der Waals surface area contributed by atoms with Gasteiger partial charge in [-0.2, -0.15) is 39.2 Å². The third-order valence-corrected chi connectivity index (χ3v) is 4.85. The molecule has 1 unspecified atom stereocenters. The summed E-state index contributed by atoms with van der Waals surface area (Å²) in [7, 11) is -5.07. The largest absolute Gasteiger partial charge is 0.459 e. The minimum Gasteiger partial charge on any atom is -0.372 e. The summed E-state index contributed by atoms with van der Waals surface area (Å²) < 4.78 is 128. The van der Waals surface area contributed by atoms with Crippen LogP contribution in [0.3, 0.4) is 0 Å². The van der Waals surface area contributed by atoms with Crippen LogP contribution in [-0.2, 0) is 32.3 Å². The first-order valence-corrected chi connectivity index (χ1v) is 9.84. The van der Waals surface area contributed by atoms with Gasteiger partial charge in [-0.1, -0.05) is 24.3 Å². The minimum atomic E-state index is -6.51. The van der Waals surface area contributed by atoms with Crippen molar-refractivity contribution in [1.82, 2.24) is 4.90 Å². The smallest absolute Gasteiger partial charge is 0.372 e. The van der Waals surface area contributed by atoms with E-state index >= 15 is 0 Å². The number of ether oxygens (including phenoxy) is 1. The van der Waals surface area contributed by atoms with Crippen LogP contribution in [0, 0.1) is 0 Å². The van der Waals surface area contributed by atoms with E-state index in [1.807, 2.05) is 12.1 Å². The maximum atomic E-state index is 13.3. The Bertz CT molecular complexity index is 832. The molecule has 6 nitrogen and oxygen atoms in total. The number of hydrogen-bond acceptors (Lipinski definition) is 5. The van der Waals surface area contributed by atoms with E-state index in [-0.39, 0.29) is 6.54 Å². The molecule has 0 aliphatic carbocycles. The SMILES string of the molecule is O=S(=O)(O)OC(COCC(F)(F)C(F)(F)C(F)(F)F)CN1CCc2ccccc2C1. The van der Waals surface area contributed by atoms with E-state index in [0.29, 0.717) is 19.5 Å². The first-order valence-electron chi connectivity index (χ1n) is 8.47. The number of hydrogen-bond donors (Lipinski definition) is 1. The van der Waals surface area contributed by atoms with Crippen molar-refractivity contribution in [2.75, 3.05) is 26.3 Å². The summed E-state index contributed by atoms with van der Waals surface area (Å²) in [5.74, 6) is -12.0. The third-order valence-electron chi connectivity index (χ3n) is 4.33. The highest BCUT2D eigenvalue weighted by molar-refractivity contribution is 7.80. The van der Waals surface area contributed by atoms with Crippen molar-refractivity contribution < 1.29 is 52.6 Å². The fraction of sp³-hybridized carbons (Fsp3) is 0.625. The summed E-state index contributed by atoms with van der Waals surface area (Å²) >= 11 is 0. The number of fused-ring (bicyclic) bond motifs is 1. The van der Waals surface area contributed by atoms with E-state index in [1.165, 1.54) is 0 Å². The van der Waals surface area contributed by atoms with Gasteiger partial charge in [0.1, 0.15) is 12.7 Å². The Kier molecular flexibility index (Phi) is 7.39. The molecule has 0 fully saturated rings. The maximum absolute atomic E-state index is 13.3. The zero-order valence-electron chi connectivity index (χ0n) is 15.2. The van der Waals surface area contributed by atoms with Crippen LogP contribution < -0.4 is 0 Å². The number of alkyl halides is 7. The van der Waals surface area contributed by atoms with Crippen molar-refractivity contribution in [3.63, 3.8) is 0 Å². The Morgan fingerprint density at radius 1 is 1.07 bits per heavy atom. The molecule has 1 atom stereocenters. The van der Waals surface area contributed by atoms with Crippen molar-refractivity contribution in [3.8, 4) is 0 Å². The monoisotopic (exact) mass is 469 g/mol. The molecule has 1 aliphatic heterocycles. The van der Waals surface area contributed by atoms with Gasteiger partial charge in [-0.05, 0) is 17.5 Å². The van der Waals surface area contributed by atoms with Crippen molar-refractivity contribution in [2.45, 2.75) is 37.1 Å². The van der Waals surface area contributed by atoms with Gasteiger partial charge in [0, 0.05) is 19.6 Å². The third kappa shape index (κ3) is 6.26. The lowest BCUT2D eigenvalue weighted by Crippen LogP contribution is -2.54. The van der Waals surface area contributed by atoms with Crippen molar-refractivity contribution in [2.24, 2.45) is 0 Å². The van der Waals surface area contributed by atoms with E-state index in [0.717, 1.165) is 11.1 Å². The van der Waals surface area contributed by atoms with E-state index in [9.17, 15) is 39.2 Å². The molecular formula is C16H18F7NO5S.